The zero-order valence-corrected chi connectivity index (χ0v) is 14.3. The first-order chi connectivity index (χ1) is 11.4. The molecule has 0 unspecified atom stereocenters. The van der Waals surface area contributed by atoms with Crippen molar-refractivity contribution in [3.63, 3.8) is 0 Å². The summed E-state index contributed by atoms with van der Waals surface area (Å²) in [5.41, 5.74) is 8.23. The van der Waals surface area contributed by atoms with Crippen LogP contribution in [-0.2, 0) is 16.1 Å². The Labute approximate surface area is 145 Å². The van der Waals surface area contributed by atoms with Gasteiger partial charge in [-0.05, 0) is 37.6 Å². The second-order valence-electron chi connectivity index (χ2n) is 5.48. The standard InChI is InChI=1S/C18H19ClN2O3/c1-11-3-5-13(6-4-11)10-21-17(22)12(2)24-18(23)15-8-7-14(19)9-16(15)20/h3-9,12H,10,20H2,1-2H3,(H,21,22)/t12-/m1/s1. The van der Waals surface area contributed by atoms with Crippen molar-refractivity contribution >= 4 is 29.2 Å². The number of hydrogen-bond acceptors (Lipinski definition) is 4. The Morgan fingerprint density at radius 3 is 2.50 bits per heavy atom. The van der Waals surface area contributed by atoms with E-state index in [9.17, 15) is 9.59 Å². The molecule has 6 heteroatoms. The summed E-state index contributed by atoms with van der Waals surface area (Å²) in [6, 6.07) is 12.3. The van der Waals surface area contributed by atoms with Crippen molar-refractivity contribution in [2.75, 3.05) is 5.73 Å². The monoisotopic (exact) mass is 346 g/mol. The lowest BCUT2D eigenvalue weighted by molar-refractivity contribution is -0.129. The number of halogens is 1. The maximum absolute atomic E-state index is 12.1. The third-order valence-electron chi connectivity index (χ3n) is 3.47. The van der Waals surface area contributed by atoms with Crippen molar-refractivity contribution in [2.24, 2.45) is 0 Å². The fourth-order valence-corrected chi connectivity index (χ4v) is 2.22. The lowest BCUT2D eigenvalue weighted by atomic mass is 10.1. The number of benzene rings is 2. The Hall–Kier alpha value is -2.53. The molecule has 0 aliphatic rings. The van der Waals surface area contributed by atoms with Gasteiger partial charge in [-0.2, -0.15) is 0 Å². The van der Waals surface area contributed by atoms with Crippen LogP contribution >= 0.6 is 11.6 Å². The number of esters is 1. The molecule has 5 nitrogen and oxygen atoms in total. The summed E-state index contributed by atoms with van der Waals surface area (Å²) in [4.78, 5) is 24.1. The van der Waals surface area contributed by atoms with Gasteiger partial charge in [0.15, 0.2) is 6.10 Å². The lowest BCUT2D eigenvalue weighted by Crippen LogP contribution is -2.35. The molecule has 0 radical (unpaired) electrons. The molecular weight excluding hydrogens is 328 g/mol. The quantitative estimate of drug-likeness (QED) is 0.644. The van der Waals surface area contributed by atoms with Gasteiger partial charge >= 0.3 is 5.97 Å². The first kappa shape index (κ1) is 17.8. The van der Waals surface area contributed by atoms with Crippen molar-refractivity contribution in [3.8, 4) is 0 Å². The van der Waals surface area contributed by atoms with Crippen LogP contribution in [-0.4, -0.2) is 18.0 Å². The molecule has 0 saturated carbocycles. The molecule has 3 N–H and O–H groups in total. The van der Waals surface area contributed by atoms with Gasteiger partial charge in [0, 0.05) is 17.3 Å². The number of nitrogens with two attached hydrogens (primary N) is 1. The third kappa shape index (κ3) is 4.73. The molecule has 2 aromatic carbocycles. The van der Waals surface area contributed by atoms with Crippen LogP contribution in [0.25, 0.3) is 0 Å². The minimum absolute atomic E-state index is 0.178. The molecule has 1 amide bonds. The summed E-state index contributed by atoms with van der Waals surface area (Å²) >= 11 is 5.79. The van der Waals surface area contributed by atoms with Gasteiger partial charge in [-0.1, -0.05) is 41.4 Å². The van der Waals surface area contributed by atoms with Crippen molar-refractivity contribution in [1.29, 1.82) is 0 Å². The summed E-state index contributed by atoms with van der Waals surface area (Å²) in [6.45, 7) is 3.87. The predicted octanol–water partition coefficient (Wildman–Crippen LogP) is 3.09. The van der Waals surface area contributed by atoms with E-state index >= 15 is 0 Å². The van der Waals surface area contributed by atoms with Crippen molar-refractivity contribution in [2.45, 2.75) is 26.5 Å². The molecule has 2 rings (SSSR count). The molecule has 0 aliphatic carbocycles. The highest BCUT2D eigenvalue weighted by molar-refractivity contribution is 6.31. The highest BCUT2D eigenvalue weighted by atomic mass is 35.5. The van der Waals surface area contributed by atoms with Crippen LogP contribution in [0.2, 0.25) is 5.02 Å². The van der Waals surface area contributed by atoms with Crippen molar-refractivity contribution in [3.05, 3.63) is 64.2 Å². The molecule has 1 atom stereocenters. The molecule has 0 saturated heterocycles. The smallest absolute Gasteiger partial charge is 0.341 e. The molecule has 0 bridgehead atoms. The molecular formula is C18H19ClN2O3. The van der Waals surface area contributed by atoms with Gasteiger partial charge in [0.2, 0.25) is 0 Å². The molecule has 126 valence electrons. The number of anilines is 1. The number of amides is 1. The number of carbonyl (C=O) groups excluding carboxylic acids is 2. The number of hydrogen-bond donors (Lipinski definition) is 2. The number of aryl methyl sites for hydroxylation is 1. The second-order valence-corrected chi connectivity index (χ2v) is 5.92. The van der Waals surface area contributed by atoms with Crippen LogP contribution in [0, 0.1) is 6.92 Å². The van der Waals surface area contributed by atoms with Crippen LogP contribution in [0.4, 0.5) is 5.69 Å². The molecule has 0 spiro atoms. The van der Waals surface area contributed by atoms with E-state index < -0.39 is 12.1 Å². The zero-order valence-electron chi connectivity index (χ0n) is 13.5. The fraction of sp³-hybridized carbons (Fsp3) is 0.222. The van der Waals surface area contributed by atoms with E-state index in [4.69, 9.17) is 22.1 Å². The highest BCUT2D eigenvalue weighted by Gasteiger charge is 2.20. The van der Waals surface area contributed by atoms with E-state index in [1.807, 2.05) is 31.2 Å². The van der Waals surface area contributed by atoms with Gasteiger partial charge in [-0.25, -0.2) is 4.79 Å². The van der Waals surface area contributed by atoms with Crippen LogP contribution in [0.1, 0.15) is 28.4 Å². The van der Waals surface area contributed by atoms with Crippen LogP contribution < -0.4 is 11.1 Å². The number of rotatable bonds is 5. The van der Waals surface area contributed by atoms with Gasteiger partial charge < -0.3 is 15.8 Å². The first-order valence-electron chi connectivity index (χ1n) is 7.46. The Morgan fingerprint density at radius 2 is 1.88 bits per heavy atom. The van der Waals surface area contributed by atoms with E-state index in [0.717, 1.165) is 11.1 Å². The van der Waals surface area contributed by atoms with E-state index in [0.29, 0.717) is 11.6 Å². The highest BCUT2D eigenvalue weighted by Crippen LogP contribution is 2.19. The Bertz CT molecular complexity index is 744. The Morgan fingerprint density at radius 1 is 1.21 bits per heavy atom. The molecule has 0 aromatic heterocycles. The van der Waals surface area contributed by atoms with Gasteiger partial charge in [0.1, 0.15) is 0 Å². The zero-order chi connectivity index (χ0) is 17.7. The summed E-state index contributed by atoms with van der Waals surface area (Å²) in [5, 5.41) is 3.15. The molecule has 0 heterocycles. The molecule has 0 aliphatic heterocycles. The number of ether oxygens (including phenoxy) is 1. The normalized spacial score (nSPS) is 11.6. The van der Waals surface area contributed by atoms with E-state index in [-0.39, 0.29) is 17.2 Å². The summed E-state index contributed by atoms with van der Waals surface area (Å²) in [7, 11) is 0. The second kappa shape index (κ2) is 7.84. The van der Waals surface area contributed by atoms with Crippen LogP contribution in [0.3, 0.4) is 0 Å². The topological polar surface area (TPSA) is 81.4 Å². The Balaban J connectivity index is 1.90. The average molecular weight is 347 g/mol. The van der Waals surface area contributed by atoms with Gasteiger partial charge in [-0.15, -0.1) is 0 Å². The summed E-state index contributed by atoms with van der Waals surface area (Å²) < 4.78 is 5.15. The minimum atomic E-state index is -0.932. The summed E-state index contributed by atoms with van der Waals surface area (Å²) in [6.07, 6.45) is -0.932. The van der Waals surface area contributed by atoms with E-state index in [1.54, 1.807) is 0 Å². The minimum Gasteiger partial charge on any atom is -0.449 e. The fourth-order valence-electron chi connectivity index (χ4n) is 2.04. The lowest BCUT2D eigenvalue weighted by Gasteiger charge is -2.14. The molecule has 24 heavy (non-hydrogen) atoms. The maximum Gasteiger partial charge on any atom is 0.341 e. The largest absolute Gasteiger partial charge is 0.449 e. The van der Waals surface area contributed by atoms with Crippen LogP contribution in [0.5, 0.6) is 0 Å². The predicted molar refractivity (Wildman–Crippen MR) is 93.8 cm³/mol. The van der Waals surface area contributed by atoms with Gasteiger partial charge in [-0.3, -0.25) is 4.79 Å². The third-order valence-corrected chi connectivity index (χ3v) is 3.71. The number of nitrogens with one attached hydrogen (secondary N) is 1. The first-order valence-corrected chi connectivity index (χ1v) is 7.84. The maximum atomic E-state index is 12.1. The van der Waals surface area contributed by atoms with E-state index in [1.165, 1.54) is 25.1 Å². The van der Waals surface area contributed by atoms with Crippen LogP contribution in [0.15, 0.2) is 42.5 Å². The van der Waals surface area contributed by atoms with E-state index in [2.05, 4.69) is 5.32 Å². The summed E-state index contributed by atoms with van der Waals surface area (Å²) in [5.74, 6) is -1.04. The number of nitrogen functional groups attached to an aromatic ring is 1. The van der Waals surface area contributed by atoms with Gasteiger partial charge in [0.25, 0.3) is 5.91 Å². The molecule has 2 aromatic rings. The Kier molecular flexibility index (Phi) is 5.82. The van der Waals surface area contributed by atoms with Crippen molar-refractivity contribution < 1.29 is 14.3 Å². The average Bonchev–Trinajstić information content (AvgIpc) is 2.53. The number of carbonyl (C=O) groups is 2. The SMILES string of the molecule is Cc1ccc(CNC(=O)[C@@H](C)OC(=O)c2ccc(Cl)cc2N)cc1. The van der Waals surface area contributed by atoms with Crippen molar-refractivity contribution in [1.82, 2.24) is 5.32 Å². The molecule has 0 fully saturated rings. The van der Waals surface area contributed by atoms with Gasteiger partial charge in [0.05, 0.1) is 5.56 Å².